The Bertz CT molecular complexity index is 734. The van der Waals surface area contributed by atoms with Crippen molar-refractivity contribution in [2.75, 3.05) is 0 Å². The monoisotopic (exact) mass is 309 g/mol. The molecule has 0 unspecified atom stereocenters. The molecule has 1 aromatic heterocycles. The average Bonchev–Trinajstić information content (AvgIpc) is 2.93. The predicted octanol–water partition coefficient (Wildman–Crippen LogP) is 2.74. The van der Waals surface area contributed by atoms with E-state index in [-0.39, 0.29) is 17.9 Å². The Labute approximate surface area is 136 Å². The molecule has 1 N–H and O–H groups in total. The highest BCUT2D eigenvalue weighted by Gasteiger charge is 2.29. The number of benzene rings is 1. The molecule has 0 radical (unpaired) electrons. The van der Waals surface area contributed by atoms with Gasteiger partial charge in [-0.2, -0.15) is 0 Å². The van der Waals surface area contributed by atoms with Gasteiger partial charge in [0, 0.05) is 25.2 Å². The van der Waals surface area contributed by atoms with Crippen molar-refractivity contribution in [3.8, 4) is 0 Å². The van der Waals surface area contributed by atoms with Gasteiger partial charge in [-0.1, -0.05) is 24.3 Å². The van der Waals surface area contributed by atoms with Gasteiger partial charge in [0.2, 0.25) is 5.91 Å². The first-order chi connectivity index (χ1) is 11.2. The van der Waals surface area contributed by atoms with Crippen LogP contribution in [-0.4, -0.2) is 21.5 Å². The first kappa shape index (κ1) is 14.5. The van der Waals surface area contributed by atoms with Gasteiger partial charge >= 0.3 is 0 Å². The lowest BCUT2D eigenvalue weighted by Gasteiger charge is -2.29. The molecular weight excluding hydrogens is 286 g/mol. The molecule has 1 aliphatic heterocycles. The summed E-state index contributed by atoms with van der Waals surface area (Å²) in [6.45, 7) is 2.87. The molecule has 2 aromatic rings. The number of amides is 1. The maximum absolute atomic E-state index is 12.8. The highest BCUT2D eigenvalue weighted by molar-refractivity contribution is 5.84. The van der Waals surface area contributed by atoms with E-state index in [1.54, 1.807) is 0 Å². The topological polar surface area (TPSA) is 46.9 Å². The Hall–Kier alpha value is -2.10. The molecule has 1 aliphatic carbocycles. The Morgan fingerprint density at radius 3 is 3.04 bits per heavy atom. The molecular formula is C19H23N3O. The van der Waals surface area contributed by atoms with Crippen molar-refractivity contribution in [2.24, 2.45) is 0 Å². The number of carbonyl (C=O) groups is 1. The molecule has 0 spiro atoms. The minimum absolute atomic E-state index is 0.0193. The van der Waals surface area contributed by atoms with E-state index >= 15 is 0 Å². The van der Waals surface area contributed by atoms with Gasteiger partial charge in [0.1, 0.15) is 5.82 Å². The first-order valence-electron chi connectivity index (χ1n) is 8.61. The zero-order chi connectivity index (χ0) is 15.8. The van der Waals surface area contributed by atoms with Crippen LogP contribution in [0.2, 0.25) is 0 Å². The number of imidazole rings is 1. The van der Waals surface area contributed by atoms with Crippen LogP contribution in [0.25, 0.3) is 0 Å². The smallest absolute Gasteiger partial charge is 0.227 e. The van der Waals surface area contributed by atoms with E-state index in [9.17, 15) is 4.79 Å². The molecule has 0 fully saturated rings. The van der Waals surface area contributed by atoms with Gasteiger partial charge in [-0.3, -0.25) is 4.79 Å². The number of nitrogens with one attached hydrogen (secondary N) is 1. The molecule has 1 amide bonds. The number of hydrogen-bond donors (Lipinski definition) is 1. The zero-order valence-electron chi connectivity index (χ0n) is 13.6. The number of nitrogens with zero attached hydrogens (tertiary/aromatic N) is 2. The minimum Gasteiger partial charge on any atom is -0.351 e. The molecule has 4 rings (SSSR count). The molecule has 2 aliphatic rings. The number of aromatic nitrogens is 2. The minimum atomic E-state index is 0.0193. The highest BCUT2D eigenvalue weighted by Crippen LogP contribution is 2.31. The van der Waals surface area contributed by atoms with Crippen LogP contribution in [0, 0.1) is 6.92 Å². The Kier molecular flexibility index (Phi) is 3.68. The van der Waals surface area contributed by atoms with Crippen LogP contribution >= 0.6 is 0 Å². The third-order valence-corrected chi connectivity index (χ3v) is 5.15. The first-order valence-corrected chi connectivity index (χ1v) is 8.61. The van der Waals surface area contributed by atoms with Crippen LogP contribution < -0.4 is 5.32 Å². The van der Waals surface area contributed by atoms with Gasteiger partial charge in [0.15, 0.2) is 0 Å². The maximum atomic E-state index is 12.8. The lowest BCUT2D eigenvalue weighted by molar-refractivity contribution is -0.123. The predicted molar refractivity (Wildman–Crippen MR) is 89.3 cm³/mol. The van der Waals surface area contributed by atoms with E-state index in [0.717, 1.165) is 50.2 Å². The fourth-order valence-electron chi connectivity index (χ4n) is 4.03. The van der Waals surface area contributed by atoms with Gasteiger partial charge in [-0.15, -0.1) is 0 Å². The normalized spacial score (nSPS) is 23.0. The van der Waals surface area contributed by atoms with Crippen molar-refractivity contribution in [3.63, 3.8) is 0 Å². The van der Waals surface area contributed by atoms with Crippen molar-refractivity contribution in [2.45, 2.75) is 57.5 Å². The second-order valence-electron chi connectivity index (χ2n) is 6.84. The molecule has 2 atom stereocenters. The quantitative estimate of drug-likeness (QED) is 0.927. The molecule has 4 nitrogen and oxygen atoms in total. The number of hydrogen-bond acceptors (Lipinski definition) is 2. The fourth-order valence-corrected chi connectivity index (χ4v) is 4.03. The number of aryl methyl sites for hydroxylation is 3. The zero-order valence-corrected chi connectivity index (χ0v) is 13.6. The molecule has 0 saturated heterocycles. The fraction of sp³-hybridized carbons (Fsp3) is 0.474. The standard InChI is InChI=1S/C19H23N3O/c1-13-11-22-12-15(9-10-18(22)20-13)21-19(23)17-8-4-6-14-5-2-3-7-16(14)17/h2-3,5,7,11,15,17H,4,6,8-10,12H2,1H3,(H,21,23)/t15-,17-/m1/s1. The Morgan fingerprint density at radius 1 is 1.26 bits per heavy atom. The van der Waals surface area contributed by atoms with Crippen molar-refractivity contribution in [3.05, 3.63) is 53.1 Å². The van der Waals surface area contributed by atoms with E-state index in [1.165, 1.54) is 11.1 Å². The number of rotatable bonds is 2. The second-order valence-corrected chi connectivity index (χ2v) is 6.84. The van der Waals surface area contributed by atoms with E-state index in [2.05, 4.69) is 39.3 Å². The Morgan fingerprint density at radius 2 is 2.13 bits per heavy atom. The summed E-state index contributed by atoms with van der Waals surface area (Å²) in [7, 11) is 0. The molecule has 1 aromatic carbocycles. The van der Waals surface area contributed by atoms with Crippen LogP contribution in [0.15, 0.2) is 30.5 Å². The lowest BCUT2D eigenvalue weighted by atomic mass is 9.82. The summed E-state index contributed by atoms with van der Waals surface area (Å²) in [6, 6.07) is 8.62. The van der Waals surface area contributed by atoms with E-state index in [0.29, 0.717) is 0 Å². The SMILES string of the molecule is Cc1cn2c(n1)CC[C@@H](NC(=O)[C@@H]1CCCc3ccccc31)C2. The van der Waals surface area contributed by atoms with Crippen LogP contribution in [0.3, 0.4) is 0 Å². The Balaban J connectivity index is 1.47. The van der Waals surface area contributed by atoms with E-state index in [4.69, 9.17) is 0 Å². The van der Waals surface area contributed by atoms with Crippen LogP contribution in [0.5, 0.6) is 0 Å². The molecule has 120 valence electrons. The second kappa shape index (κ2) is 5.84. The average molecular weight is 309 g/mol. The van der Waals surface area contributed by atoms with Crippen LogP contribution in [-0.2, 0) is 24.2 Å². The molecule has 23 heavy (non-hydrogen) atoms. The molecule has 4 heteroatoms. The maximum Gasteiger partial charge on any atom is 0.227 e. The van der Waals surface area contributed by atoms with E-state index < -0.39 is 0 Å². The summed E-state index contributed by atoms with van der Waals surface area (Å²) in [5.74, 6) is 1.37. The highest BCUT2D eigenvalue weighted by atomic mass is 16.1. The van der Waals surface area contributed by atoms with Crippen molar-refractivity contribution in [1.82, 2.24) is 14.9 Å². The summed E-state index contributed by atoms with van der Waals surface area (Å²) in [5, 5.41) is 3.29. The van der Waals surface area contributed by atoms with Crippen molar-refractivity contribution in [1.29, 1.82) is 0 Å². The molecule has 2 heterocycles. The van der Waals surface area contributed by atoms with Gasteiger partial charge < -0.3 is 9.88 Å². The molecule has 0 saturated carbocycles. The number of fused-ring (bicyclic) bond motifs is 2. The van der Waals surface area contributed by atoms with Gasteiger partial charge in [-0.25, -0.2) is 4.98 Å². The summed E-state index contributed by atoms with van der Waals surface area (Å²) < 4.78 is 2.19. The van der Waals surface area contributed by atoms with Crippen molar-refractivity contribution >= 4 is 5.91 Å². The third-order valence-electron chi connectivity index (χ3n) is 5.15. The van der Waals surface area contributed by atoms with Crippen LogP contribution in [0.1, 0.15) is 47.8 Å². The third kappa shape index (κ3) is 2.78. The molecule has 0 bridgehead atoms. The summed E-state index contributed by atoms with van der Waals surface area (Å²) in [4.78, 5) is 17.3. The lowest BCUT2D eigenvalue weighted by Crippen LogP contribution is -2.43. The number of carbonyl (C=O) groups excluding carboxylic acids is 1. The van der Waals surface area contributed by atoms with Crippen LogP contribution in [0.4, 0.5) is 0 Å². The summed E-state index contributed by atoms with van der Waals surface area (Å²) in [5.41, 5.74) is 3.63. The largest absolute Gasteiger partial charge is 0.351 e. The van der Waals surface area contributed by atoms with Gasteiger partial charge in [0.25, 0.3) is 0 Å². The van der Waals surface area contributed by atoms with Crippen molar-refractivity contribution < 1.29 is 4.79 Å². The van der Waals surface area contributed by atoms with Gasteiger partial charge in [0.05, 0.1) is 11.6 Å². The summed E-state index contributed by atoms with van der Waals surface area (Å²) in [6.07, 6.45) is 7.18. The van der Waals surface area contributed by atoms with E-state index in [1.807, 2.05) is 13.0 Å². The van der Waals surface area contributed by atoms with Gasteiger partial charge in [-0.05, 0) is 43.7 Å². The summed E-state index contributed by atoms with van der Waals surface area (Å²) >= 11 is 0.